The molecule has 0 aliphatic heterocycles. The van der Waals surface area contributed by atoms with Gasteiger partial charge in [0.1, 0.15) is 0 Å². The van der Waals surface area contributed by atoms with E-state index in [1.54, 1.807) is 0 Å². The van der Waals surface area contributed by atoms with Gasteiger partial charge in [-0.05, 0) is 29.5 Å². The van der Waals surface area contributed by atoms with Crippen LogP contribution in [0.4, 0.5) is 0 Å². The lowest BCUT2D eigenvalue weighted by molar-refractivity contribution is 0.426. The van der Waals surface area contributed by atoms with Crippen molar-refractivity contribution in [2.75, 3.05) is 5.33 Å². The summed E-state index contributed by atoms with van der Waals surface area (Å²) in [6.07, 6.45) is 3.24. The molecule has 0 saturated heterocycles. The summed E-state index contributed by atoms with van der Waals surface area (Å²) in [7, 11) is 2.10. The van der Waals surface area contributed by atoms with Crippen molar-refractivity contribution in [3.63, 3.8) is 0 Å². The predicted molar refractivity (Wildman–Crippen MR) is 74.2 cm³/mol. The fourth-order valence-electron chi connectivity index (χ4n) is 2.08. The van der Waals surface area contributed by atoms with E-state index in [4.69, 9.17) is 0 Å². The highest BCUT2D eigenvalue weighted by atomic mass is 79.9. The average molecular weight is 280 g/mol. The van der Waals surface area contributed by atoms with E-state index in [2.05, 4.69) is 71.9 Å². The summed E-state index contributed by atoms with van der Waals surface area (Å²) < 4.78 is 2.18. The van der Waals surface area contributed by atoms with Gasteiger partial charge in [0, 0.05) is 29.5 Å². The second-order valence-corrected chi connectivity index (χ2v) is 5.81. The van der Waals surface area contributed by atoms with Crippen molar-refractivity contribution in [1.82, 2.24) is 4.57 Å². The third kappa shape index (κ3) is 2.17. The molecule has 0 amide bonds. The average Bonchev–Trinajstić information content (AvgIpc) is 2.62. The van der Waals surface area contributed by atoms with Crippen LogP contribution in [-0.2, 0) is 13.5 Å². The zero-order chi connectivity index (χ0) is 11.8. The molecule has 1 aromatic heterocycles. The molecule has 2 aromatic rings. The molecule has 0 aliphatic carbocycles. The minimum absolute atomic E-state index is 0.310. The van der Waals surface area contributed by atoms with Gasteiger partial charge < -0.3 is 4.57 Å². The van der Waals surface area contributed by atoms with Crippen LogP contribution in [0.25, 0.3) is 10.9 Å². The number of aromatic nitrogens is 1. The summed E-state index contributed by atoms with van der Waals surface area (Å²) in [5, 5.41) is 2.42. The Morgan fingerprint density at radius 2 is 2.00 bits per heavy atom. The van der Waals surface area contributed by atoms with E-state index in [0.29, 0.717) is 5.41 Å². The molecule has 0 N–H and O–H groups in total. The van der Waals surface area contributed by atoms with Crippen molar-refractivity contribution < 1.29 is 0 Å². The lowest BCUT2D eigenvalue weighted by Gasteiger charge is -2.22. The standard InChI is InChI=1S/C14H18BrN/c1-14(2,10-15)9-11-5-4-6-13-12(11)7-8-16(13)3/h4-8H,9-10H2,1-3H3. The molecule has 2 heteroatoms. The van der Waals surface area contributed by atoms with Gasteiger partial charge in [-0.15, -0.1) is 0 Å². The maximum Gasteiger partial charge on any atom is 0.0480 e. The highest BCUT2D eigenvalue weighted by molar-refractivity contribution is 9.09. The molecule has 0 aliphatic rings. The van der Waals surface area contributed by atoms with Crippen LogP contribution in [0, 0.1) is 5.41 Å². The van der Waals surface area contributed by atoms with Crippen molar-refractivity contribution in [3.8, 4) is 0 Å². The summed E-state index contributed by atoms with van der Waals surface area (Å²) in [4.78, 5) is 0. The summed E-state index contributed by atoms with van der Waals surface area (Å²) in [5.41, 5.74) is 3.08. The van der Waals surface area contributed by atoms with Crippen LogP contribution in [0.1, 0.15) is 19.4 Å². The first-order valence-electron chi connectivity index (χ1n) is 5.62. The number of halogens is 1. The maximum absolute atomic E-state index is 3.59. The van der Waals surface area contributed by atoms with Gasteiger partial charge in [-0.1, -0.05) is 41.9 Å². The van der Waals surface area contributed by atoms with Gasteiger partial charge in [0.15, 0.2) is 0 Å². The van der Waals surface area contributed by atoms with Gasteiger partial charge in [-0.3, -0.25) is 0 Å². The normalized spacial score (nSPS) is 12.2. The van der Waals surface area contributed by atoms with Crippen LogP contribution < -0.4 is 0 Å². The number of hydrogen-bond donors (Lipinski definition) is 0. The fraction of sp³-hybridized carbons (Fsp3) is 0.429. The fourth-order valence-corrected chi connectivity index (χ4v) is 2.28. The Hall–Kier alpha value is -0.760. The Morgan fingerprint density at radius 1 is 1.25 bits per heavy atom. The number of nitrogens with zero attached hydrogens (tertiary/aromatic N) is 1. The molecule has 0 saturated carbocycles. The molecule has 0 bridgehead atoms. The van der Waals surface area contributed by atoms with Crippen molar-refractivity contribution >= 4 is 26.8 Å². The highest BCUT2D eigenvalue weighted by Crippen LogP contribution is 2.28. The van der Waals surface area contributed by atoms with Crippen LogP contribution in [0.3, 0.4) is 0 Å². The van der Waals surface area contributed by atoms with Crippen LogP contribution in [0.5, 0.6) is 0 Å². The monoisotopic (exact) mass is 279 g/mol. The first kappa shape index (κ1) is 11.7. The second kappa shape index (κ2) is 4.25. The molecule has 0 fully saturated rings. The smallest absolute Gasteiger partial charge is 0.0480 e. The lowest BCUT2D eigenvalue weighted by atomic mass is 9.87. The zero-order valence-electron chi connectivity index (χ0n) is 10.1. The van der Waals surface area contributed by atoms with Gasteiger partial charge in [-0.25, -0.2) is 0 Å². The Balaban J connectivity index is 2.45. The first-order chi connectivity index (χ1) is 7.53. The number of rotatable bonds is 3. The van der Waals surface area contributed by atoms with E-state index < -0.39 is 0 Å². The molecule has 1 heterocycles. The predicted octanol–water partition coefficient (Wildman–Crippen LogP) is 4.14. The van der Waals surface area contributed by atoms with E-state index in [1.165, 1.54) is 16.5 Å². The minimum Gasteiger partial charge on any atom is -0.351 e. The SMILES string of the molecule is Cn1ccc2c(CC(C)(C)CBr)cccc21. The molecular weight excluding hydrogens is 262 g/mol. The van der Waals surface area contributed by atoms with Crippen molar-refractivity contribution in [2.24, 2.45) is 12.5 Å². The Kier molecular flexibility index (Phi) is 3.11. The highest BCUT2D eigenvalue weighted by Gasteiger charge is 2.18. The summed E-state index contributed by atoms with van der Waals surface area (Å²) in [6, 6.07) is 8.80. The van der Waals surface area contributed by atoms with E-state index >= 15 is 0 Å². The molecule has 2 rings (SSSR count). The number of aryl methyl sites for hydroxylation is 1. The van der Waals surface area contributed by atoms with E-state index in [1.807, 2.05) is 0 Å². The van der Waals surface area contributed by atoms with Gasteiger partial charge in [0.05, 0.1) is 0 Å². The molecule has 1 nitrogen and oxygen atoms in total. The third-order valence-corrected chi connectivity index (χ3v) is 4.57. The van der Waals surface area contributed by atoms with Crippen LogP contribution in [0.2, 0.25) is 0 Å². The van der Waals surface area contributed by atoms with Crippen molar-refractivity contribution in [2.45, 2.75) is 20.3 Å². The van der Waals surface area contributed by atoms with Crippen LogP contribution >= 0.6 is 15.9 Å². The molecule has 0 radical (unpaired) electrons. The first-order valence-corrected chi connectivity index (χ1v) is 6.74. The van der Waals surface area contributed by atoms with Crippen LogP contribution in [-0.4, -0.2) is 9.90 Å². The Bertz CT molecular complexity index is 496. The van der Waals surface area contributed by atoms with Gasteiger partial charge in [0.25, 0.3) is 0 Å². The van der Waals surface area contributed by atoms with Gasteiger partial charge >= 0.3 is 0 Å². The van der Waals surface area contributed by atoms with Crippen molar-refractivity contribution in [3.05, 3.63) is 36.0 Å². The number of hydrogen-bond acceptors (Lipinski definition) is 0. The maximum atomic E-state index is 3.59. The summed E-state index contributed by atoms with van der Waals surface area (Å²) in [6.45, 7) is 4.59. The number of benzene rings is 1. The molecule has 0 atom stereocenters. The molecule has 16 heavy (non-hydrogen) atoms. The van der Waals surface area contributed by atoms with E-state index in [-0.39, 0.29) is 0 Å². The topological polar surface area (TPSA) is 4.93 Å². The molecule has 0 unspecified atom stereocenters. The van der Waals surface area contributed by atoms with E-state index in [0.717, 1.165) is 11.8 Å². The largest absolute Gasteiger partial charge is 0.351 e. The lowest BCUT2D eigenvalue weighted by Crippen LogP contribution is -2.16. The molecule has 0 spiro atoms. The Morgan fingerprint density at radius 3 is 2.69 bits per heavy atom. The Labute approximate surface area is 106 Å². The van der Waals surface area contributed by atoms with E-state index in [9.17, 15) is 0 Å². The quantitative estimate of drug-likeness (QED) is 0.745. The second-order valence-electron chi connectivity index (χ2n) is 5.25. The minimum atomic E-state index is 0.310. The van der Waals surface area contributed by atoms with Gasteiger partial charge in [0.2, 0.25) is 0 Å². The van der Waals surface area contributed by atoms with Crippen molar-refractivity contribution in [1.29, 1.82) is 0 Å². The van der Waals surface area contributed by atoms with Crippen LogP contribution in [0.15, 0.2) is 30.5 Å². The number of alkyl halides is 1. The summed E-state index contributed by atoms with van der Waals surface area (Å²) in [5.74, 6) is 0. The summed E-state index contributed by atoms with van der Waals surface area (Å²) >= 11 is 3.59. The number of fused-ring (bicyclic) bond motifs is 1. The molecule has 1 aromatic carbocycles. The zero-order valence-corrected chi connectivity index (χ0v) is 11.7. The third-order valence-electron chi connectivity index (χ3n) is 3.05. The van der Waals surface area contributed by atoms with Gasteiger partial charge in [-0.2, -0.15) is 0 Å². The molecular formula is C14H18BrN. The molecule has 86 valence electrons.